The number of aromatic nitrogens is 5. The van der Waals surface area contributed by atoms with E-state index in [1.165, 1.54) is 21.4 Å². The van der Waals surface area contributed by atoms with Crippen LogP contribution in [0.25, 0.3) is 11.2 Å². The molecule has 0 saturated carbocycles. The van der Waals surface area contributed by atoms with E-state index in [1.54, 1.807) is 13.0 Å². The quantitative estimate of drug-likeness (QED) is 0.329. The summed E-state index contributed by atoms with van der Waals surface area (Å²) in [4.78, 5) is 25.4. The zero-order chi connectivity index (χ0) is 20.5. The van der Waals surface area contributed by atoms with Crippen LogP contribution in [0.2, 0.25) is 31.0 Å². The number of hydrogen-bond acceptors (Lipinski definition) is 5. The zero-order valence-corrected chi connectivity index (χ0v) is 18.1. The second kappa shape index (κ2) is 8.10. The van der Waals surface area contributed by atoms with Crippen molar-refractivity contribution in [1.82, 2.24) is 24.1 Å². The highest BCUT2D eigenvalue weighted by molar-refractivity contribution is 6.76. The van der Waals surface area contributed by atoms with Crippen LogP contribution < -0.4 is 5.69 Å². The molecule has 3 aromatic heterocycles. The predicted octanol–water partition coefficient (Wildman–Crippen LogP) is 3.70. The van der Waals surface area contributed by atoms with Gasteiger partial charge < -0.3 is 4.74 Å². The van der Waals surface area contributed by atoms with Crippen molar-refractivity contribution in [3.8, 4) is 0 Å². The van der Waals surface area contributed by atoms with Crippen LogP contribution >= 0.6 is 11.6 Å². The van der Waals surface area contributed by atoms with Gasteiger partial charge in [-0.15, -0.1) is 0 Å². The van der Waals surface area contributed by atoms with Crippen molar-refractivity contribution < 1.29 is 9.13 Å². The topological polar surface area (TPSA) is 74.8 Å². The first-order valence-electron chi connectivity index (χ1n) is 9.00. The third kappa shape index (κ3) is 4.48. The maximum atomic E-state index is 13.2. The van der Waals surface area contributed by atoms with E-state index in [9.17, 15) is 9.18 Å². The summed E-state index contributed by atoms with van der Waals surface area (Å²) in [6.45, 7) is 9.28. The highest BCUT2D eigenvalue weighted by Crippen LogP contribution is 2.21. The van der Waals surface area contributed by atoms with Crippen LogP contribution in [0, 0.1) is 5.82 Å². The molecule has 0 amide bonds. The van der Waals surface area contributed by atoms with Crippen LogP contribution in [-0.4, -0.2) is 38.8 Å². The van der Waals surface area contributed by atoms with Crippen LogP contribution in [0.5, 0.6) is 0 Å². The summed E-state index contributed by atoms with van der Waals surface area (Å²) < 4.78 is 21.9. The number of fused-ring (bicyclic) bond motifs is 1. The van der Waals surface area contributed by atoms with Gasteiger partial charge in [-0.3, -0.25) is 14.1 Å². The molecule has 3 aromatic rings. The summed E-state index contributed by atoms with van der Waals surface area (Å²) in [7, 11) is -1.23. The Morgan fingerprint density at radius 3 is 2.64 bits per heavy atom. The van der Waals surface area contributed by atoms with Crippen molar-refractivity contribution in [2.75, 3.05) is 6.61 Å². The smallest absolute Gasteiger partial charge is 0.332 e. The Bertz CT molecular complexity index is 1030. The molecule has 0 fully saturated rings. The van der Waals surface area contributed by atoms with E-state index in [-0.39, 0.29) is 17.7 Å². The first kappa shape index (κ1) is 20.6. The van der Waals surface area contributed by atoms with E-state index in [0.717, 1.165) is 12.2 Å². The minimum Gasteiger partial charge on any atom is -0.361 e. The minimum atomic E-state index is -1.23. The lowest BCUT2D eigenvalue weighted by Gasteiger charge is -2.15. The largest absolute Gasteiger partial charge is 0.361 e. The Labute approximate surface area is 168 Å². The molecule has 1 unspecified atom stereocenters. The number of nitrogens with zero attached hydrogens (tertiary/aromatic N) is 5. The summed E-state index contributed by atoms with van der Waals surface area (Å²) in [6.07, 6.45) is 2.63. The lowest BCUT2D eigenvalue weighted by molar-refractivity contribution is 0.0870. The normalized spacial score (nSPS) is 13.2. The summed E-state index contributed by atoms with van der Waals surface area (Å²) >= 11 is 5.96. The standard InChI is InChI=1S/C18H23ClFN5O2Si/c1-12(14-6-5-13(20)9-21-14)25-16-15(10-22-17(19)23-16)24(18(25)26)11-27-7-8-28(2,3)4/h5-6,9-10,12H,7-8,11H2,1-4H3. The van der Waals surface area contributed by atoms with E-state index in [0.29, 0.717) is 23.5 Å². The van der Waals surface area contributed by atoms with Crippen molar-refractivity contribution >= 4 is 30.8 Å². The van der Waals surface area contributed by atoms with E-state index >= 15 is 0 Å². The number of pyridine rings is 1. The number of ether oxygens (including phenoxy) is 1. The second-order valence-electron chi connectivity index (χ2n) is 7.85. The predicted molar refractivity (Wildman–Crippen MR) is 109 cm³/mol. The van der Waals surface area contributed by atoms with Gasteiger partial charge in [0.2, 0.25) is 5.28 Å². The van der Waals surface area contributed by atoms with Gasteiger partial charge in [0, 0.05) is 14.7 Å². The molecule has 0 bridgehead atoms. The minimum absolute atomic E-state index is 0.0392. The maximum Gasteiger partial charge on any atom is 0.332 e. The first-order chi connectivity index (χ1) is 13.2. The molecule has 0 aliphatic rings. The number of rotatable bonds is 7. The van der Waals surface area contributed by atoms with E-state index < -0.39 is 19.9 Å². The Hall–Kier alpha value is -2.10. The van der Waals surface area contributed by atoms with Gasteiger partial charge >= 0.3 is 5.69 Å². The fourth-order valence-corrected chi connectivity index (χ4v) is 3.70. The SMILES string of the molecule is CC(c1ccc(F)cn1)n1c(=O)n(COCC[Si](C)(C)C)c2cnc(Cl)nc21. The van der Waals surface area contributed by atoms with E-state index in [2.05, 4.69) is 34.6 Å². The van der Waals surface area contributed by atoms with Crippen molar-refractivity contribution in [2.24, 2.45) is 0 Å². The molecular weight excluding hydrogens is 401 g/mol. The van der Waals surface area contributed by atoms with Gasteiger partial charge in [-0.1, -0.05) is 19.6 Å². The highest BCUT2D eigenvalue weighted by Gasteiger charge is 2.22. The van der Waals surface area contributed by atoms with Crippen LogP contribution in [0.1, 0.15) is 18.7 Å². The van der Waals surface area contributed by atoms with E-state index in [1.807, 2.05) is 0 Å². The van der Waals surface area contributed by atoms with Crippen molar-refractivity contribution in [3.63, 3.8) is 0 Å². The van der Waals surface area contributed by atoms with Crippen molar-refractivity contribution in [1.29, 1.82) is 0 Å². The molecule has 150 valence electrons. The van der Waals surface area contributed by atoms with Crippen LogP contribution in [0.4, 0.5) is 4.39 Å². The molecule has 1 atom stereocenters. The molecule has 3 rings (SSSR count). The Kier molecular flexibility index (Phi) is 5.97. The molecular formula is C18H23ClFN5O2Si. The van der Waals surface area contributed by atoms with Crippen LogP contribution in [-0.2, 0) is 11.5 Å². The van der Waals surface area contributed by atoms with Crippen molar-refractivity contribution in [3.05, 3.63) is 51.8 Å². The van der Waals surface area contributed by atoms with Crippen molar-refractivity contribution in [2.45, 2.75) is 45.4 Å². The molecule has 0 aliphatic heterocycles. The molecule has 10 heteroatoms. The lowest BCUT2D eigenvalue weighted by Crippen LogP contribution is -2.29. The molecule has 0 spiro atoms. The fraction of sp³-hybridized carbons (Fsp3) is 0.444. The third-order valence-corrected chi connectivity index (χ3v) is 6.35. The molecule has 7 nitrogen and oxygen atoms in total. The van der Waals surface area contributed by atoms with Gasteiger partial charge in [-0.25, -0.2) is 14.2 Å². The highest BCUT2D eigenvalue weighted by atomic mass is 35.5. The van der Waals surface area contributed by atoms with Gasteiger partial charge in [-0.2, -0.15) is 4.98 Å². The maximum absolute atomic E-state index is 13.2. The van der Waals surface area contributed by atoms with Gasteiger partial charge in [-0.05, 0) is 36.7 Å². The Balaban J connectivity index is 1.98. The second-order valence-corrected chi connectivity index (χ2v) is 13.8. The summed E-state index contributed by atoms with van der Waals surface area (Å²) in [5.41, 5.74) is 1.14. The van der Waals surface area contributed by atoms with Gasteiger partial charge in [0.1, 0.15) is 18.1 Å². The lowest BCUT2D eigenvalue weighted by atomic mass is 10.2. The first-order valence-corrected chi connectivity index (χ1v) is 13.1. The number of hydrogen-bond donors (Lipinski definition) is 0. The Morgan fingerprint density at radius 2 is 2.00 bits per heavy atom. The average Bonchev–Trinajstić information content (AvgIpc) is 2.89. The number of imidazole rings is 1. The summed E-state index contributed by atoms with van der Waals surface area (Å²) in [6, 6.07) is 3.39. The van der Waals surface area contributed by atoms with Crippen LogP contribution in [0.15, 0.2) is 29.3 Å². The van der Waals surface area contributed by atoms with Gasteiger partial charge in [0.25, 0.3) is 0 Å². The fourth-order valence-electron chi connectivity index (χ4n) is 2.81. The molecule has 0 radical (unpaired) electrons. The van der Waals surface area contributed by atoms with Gasteiger partial charge in [0.05, 0.1) is 24.1 Å². The monoisotopic (exact) mass is 423 g/mol. The molecule has 0 aliphatic carbocycles. The third-order valence-electron chi connectivity index (χ3n) is 4.46. The number of halogens is 2. The molecule has 0 saturated heterocycles. The van der Waals surface area contributed by atoms with Crippen LogP contribution in [0.3, 0.4) is 0 Å². The molecule has 0 aromatic carbocycles. The summed E-state index contributed by atoms with van der Waals surface area (Å²) in [5.74, 6) is -0.438. The Morgan fingerprint density at radius 1 is 1.25 bits per heavy atom. The zero-order valence-electron chi connectivity index (χ0n) is 16.3. The van der Waals surface area contributed by atoms with E-state index in [4.69, 9.17) is 16.3 Å². The molecule has 28 heavy (non-hydrogen) atoms. The van der Waals surface area contributed by atoms with Gasteiger partial charge in [0.15, 0.2) is 5.65 Å². The molecule has 3 heterocycles. The summed E-state index contributed by atoms with van der Waals surface area (Å²) in [5, 5.41) is 0.0392. The molecule has 0 N–H and O–H groups in total. The average molecular weight is 424 g/mol.